The van der Waals surface area contributed by atoms with Crippen LogP contribution in [0.3, 0.4) is 0 Å². The van der Waals surface area contributed by atoms with Crippen molar-refractivity contribution in [3.63, 3.8) is 0 Å². The number of ether oxygens (including phenoxy) is 1. The highest BCUT2D eigenvalue weighted by atomic mass is 16.5. The minimum Gasteiger partial charge on any atom is -0.464 e. The van der Waals surface area contributed by atoms with Crippen LogP contribution in [0.2, 0.25) is 0 Å². The van der Waals surface area contributed by atoms with Crippen LogP contribution in [-0.2, 0) is 14.3 Å². The summed E-state index contributed by atoms with van der Waals surface area (Å²) in [7, 11) is 0. The topological polar surface area (TPSA) is 99.8 Å². The molecular weight excluding hydrogens is 200 g/mol. The summed E-state index contributed by atoms with van der Waals surface area (Å²) in [6.07, 6.45) is 0.261. The molecule has 15 heavy (non-hydrogen) atoms. The largest absolute Gasteiger partial charge is 0.464 e. The summed E-state index contributed by atoms with van der Waals surface area (Å²) in [4.78, 5) is 22.9. The molecule has 0 aromatic rings. The van der Waals surface area contributed by atoms with Gasteiger partial charge in [-0.2, -0.15) is 5.11 Å². The molecular formula is C9H16N2O4. The van der Waals surface area contributed by atoms with Gasteiger partial charge in [0.05, 0.1) is 6.61 Å². The highest BCUT2D eigenvalue weighted by Gasteiger charge is 2.41. The van der Waals surface area contributed by atoms with Gasteiger partial charge in [-0.15, -0.1) is 0 Å². The van der Waals surface area contributed by atoms with Gasteiger partial charge in [-0.05, 0) is 20.3 Å². The summed E-state index contributed by atoms with van der Waals surface area (Å²) in [5.74, 6) is -1.33. The van der Waals surface area contributed by atoms with E-state index in [9.17, 15) is 9.59 Å². The maximum atomic E-state index is 11.5. The lowest BCUT2D eigenvalue weighted by Gasteiger charge is -2.19. The van der Waals surface area contributed by atoms with E-state index in [1.807, 2.05) is 0 Å². The third-order valence-electron chi connectivity index (χ3n) is 2.00. The minimum atomic E-state index is -1.76. The van der Waals surface area contributed by atoms with Crippen molar-refractivity contribution < 1.29 is 19.4 Å². The molecule has 6 nitrogen and oxygen atoms in total. The molecule has 1 unspecified atom stereocenters. The second-order valence-electron chi connectivity index (χ2n) is 3.15. The van der Waals surface area contributed by atoms with Gasteiger partial charge >= 0.3 is 5.97 Å². The number of rotatable bonds is 7. The highest BCUT2D eigenvalue weighted by molar-refractivity contribution is 6.08. The van der Waals surface area contributed by atoms with E-state index in [2.05, 4.69) is 9.85 Å². The number of esters is 1. The predicted octanol–water partition coefficient (Wildman–Crippen LogP) is 0.681. The maximum Gasteiger partial charge on any atom is 0.343 e. The fourth-order valence-electron chi connectivity index (χ4n) is 0.976. The molecule has 0 radical (unpaired) electrons. The van der Waals surface area contributed by atoms with Crippen LogP contribution < -0.4 is 0 Å². The third kappa shape index (κ3) is 3.39. The van der Waals surface area contributed by atoms with Crippen LogP contribution in [-0.4, -0.2) is 35.6 Å². The lowest BCUT2D eigenvalue weighted by Crippen LogP contribution is -2.43. The fourth-order valence-corrected chi connectivity index (χ4v) is 0.976. The van der Waals surface area contributed by atoms with Gasteiger partial charge in [0.2, 0.25) is 5.54 Å². The molecule has 0 aliphatic carbocycles. The van der Waals surface area contributed by atoms with E-state index in [1.165, 1.54) is 6.92 Å². The quantitative estimate of drug-likeness (QED) is 0.371. The molecule has 0 fully saturated rings. The maximum absolute atomic E-state index is 11.5. The summed E-state index contributed by atoms with van der Waals surface area (Å²) in [6.45, 7) is 2.86. The van der Waals surface area contributed by atoms with E-state index >= 15 is 0 Å². The van der Waals surface area contributed by atoms with Gasteiger partial charge in [-0.3, -0.25) is 4.79 Å². The number of aliphatic hydroxyl groups is 1. The normalized spacial score (nSPS) is 14.1. The van der Waals surface area contributed by atoms with E-state index in [-0.39, 0.29) is 26.1 Å². The van der Waals surface area contributed by atoms with Gasteiger partial charge in [0, 0.05) is 13.0 Å². The molecule has 0 saturated heterocycles. The number of nitrogens with zero attached hydrogens (tertiary/aromatic N) is 1. The zero-order valence-corrected chi connectivity index (χ0v) is 8.95. The van der Waals surface area contributed by atoms with E-state index < -0.39 is 17.3 Å². The average Bonchev–Trinajstić information content (AvgIpc) is 2.24. The minimum absolute atomic E-state index is 0.00813. The highest BCUT2D eigenvalue weighted by Crippen LogP contribution is 2.17. The van der Waals surface area contributed by atoms with Gasteiger partial charge in [0.25, 0.3) is 0 Å². The van der Waals surface area contributed by atoms with Crippen LogP contribution in [0.15, 0.2) is 5.11 Å². The van der Waals surface area contributed by atoms with E-state index in [1.54, 1.807) is 6.92 Å². The molecule has 0 saturated carbocycles. The lowest BCUT2D eigenvalue weighted by molar-refractivity contribution is -0.153. The third-order valence-corrected chi connectivity index (χ3v) is 2.00. The van der Waals surface area contributed by atoms with Crippen LogP contribution >= 0.6 is 0 Å². The monoisotopic (exact) mass is 216 g/mol. The Morgan fingerprint density at radius 1 is 1.53 bits per heavy atom. The van der Waals surface area contributed by atoms with E-state index in [0.29, 0.717) is 0 Å². The van der Waals surface area contributed by atoms with Crippen molar-refractivity contribution in [1.82, 2.24) is 0 Å². The van der Waals surface area contributed by atoms with E-state index in [4.69, 9.17) is 10.6 Å². The number of carbonyl (C=O) groups excluding carboxylic acids is 2. The van der Waals surface area contributed by atoms with Gasteiger partial charge in [0.15, 0.2) is 5.78 Å². The van der Waals surface area contributed by atoms with Crippen molar-refractivity contribution in [2.75, 3.05) is 13.2 Å². The number of ketones is 1. The van der Waals surface area contributed by atoms with Gasteiger partial charge < -0.3 is 9.84 Å². The van der Waals surface area contributed by atoms with Crippen LogP contribution in [0, 0.1) is 5.53 Å². The van der Waals surface area contributed by atoms with Crippen LogP contribution in [0.25, 0.3) is 0 Å². The summed E-state index contributed by atoms with van der Waals surface area (Å²) < 4.78 is 4.66. The number of carbonyl (C=O) groups is 2. The van der Waals surface area contributed by atoms with Crippen LogP contribution in [0.5, 0.6) is 0 Å². The number of hydrogen-bond donors (Lipinski definition) is 2. The molecule has 0 aromatic heterocycles. The number of Topliss-reactive ketones (excluding diaryl/α,β-unsaturated/α-hetero) is 1. The number of nitrogens with one attached hydrogen (secondary N) is 1. The Labute approximate surface area is 88.1 Å². The first kappa shape index (κ1) is 13.7. The second-order valence-corrected chi connectivity index (χ2v) is 3.15. The van der Waals surface area contributed by atoms with E-state index in [0.717, 1.165) is 0 Å². The van der Waals surface area contributed by atoms with Gasteiger partial charge in [-0.1, -0.05) is 0 Å². The Balaban J connectivity index is 4.60. The predicted molar refractivity (Wildman–Crippen MR) is 51.5 cm³/mol. The van der Waals surface area contributed by atoms with Crippen molar-refractivity contribution in [2.24, 2.45) is 5.11 Å². The molecule has 0 aliphatic rings. The Hall–Kier alpha value is -1.30. The van der Waals surface area contributed by atoms with Crippen molar-refractivity contribution in [2.45, 2.75) is 32.2 Å². The Morgan fingerprint density at radius 2 is 2.13 bits per heavy atom. The first-order valence-corrected chi connectivity index (χ1v) is 4.73. The van der Waals surface area contributed by atoms with Crippen LogP contribution in [0.4, 0.5) is 0 Å². The van der Waals surface area contributed by atoms with Crippen molar-refractivity contribution in [1.29, 1.82) is 5.53 Å². The number of hydrogen-bond acceptors (Lipinski definition) is 6. The first-order valence-electron chi connectivity index (χ1n) is 4.73. The summed E-state index contributed by atoms with van der Waals surface area (Å²) >= 11 is 0. The smallest absolute Gasteiger partial charge is 0.343 e. The van der Waals surface area contributed by atoms with Crippen molar-refractivity contribution in [3.8, 4) is 0 Å². The molecule has 2 N–H and O–H groups in total. The van der Waals surface area contributed by atoms with Crippen molar-refractivity contribution in [3.05, 3.63) is 0 Å². The van der Waals surface area contributed by atoms with Gasteiger partial charge in [0.1, 0.15) is 0 Å². The lowest BCUT2D eigenvalue weighted by atomic mass is 9.94. The van der Waals surface area contributed by atoms with Gasteiger partial charge in [-0.25, -0.2) is 10.3 Å². The fraction of sp³-hybridized carbons (Fsp3) is 0.778. The molecule has 0 bridgehead atoms. The first-order chi connectivity index (χ1) is 7.02. The molecule has 0 amide bonds. The molecule has 0 aliphatic heterocycles. The summed E-state index contributed by atoms with van der Waals surface area (Å²) in [5.41, 5.74) is 5.11. The Morgan fingerprint density at radius 3 is 2.53 bits per heavy atom. The molecule has 0 rings (SSSR count). The standard InChI is InChI=1S/C9H16N2O4/c1-3-15-8(14)9(2,11-10)7(13)5-4-6-12/h10,12H,3-6H2,1-2H3. The molecule has 6 heteroatoms. The summed E-state index contributed by atoms with van der Waals surface area (Å²) in [5, 5.41) is 11.6. The second kappa shape index (κ2) is 6.23. The Bertz CT molecular complexity index is 254. The number of aliphatic hydroxyl groups excluding tert-OH is 1. The average molecular weight is 216 g/mol. The molecule has 1 atom stereocenters. The Kier molecular flexibility index (Phi) is 5.69. The molecule has 86 valence electrons. The van der Waals surface area contributed by atoms with Crippen LogP contribution in [0.1, 0.15) is 26.7 Å². The zero-order chi connectivity index (χ0) is 11.9. The zero-order valence-electron chi connectivity index (χ0n) is 8.95. The summed E-state index contributed by atoms with van der Waals surface area (Å²) in [6, 6.07) is 0. The molecule has 0 aromatic carbocycles. The molecule has 0 heterocycles. The van der Waals surface area contributed by atoms with Crippen molar-refractivity contribution >= 4 is 11.8 Å². The molecule has 0 spiro atoms. The SMILES string of the molecule is CCOC(=O)C(C)(N=N)C(=O)CCCO.